The number of hydrogen-bond acceptors (Lipinski definition) is 8. The molecule has 0 N–H and O–H groups in total. The molecule has 0 spiro atoms. The summed E-state index contributed by atoms with van der Waals surface area (Å²) in [4.78, 5) is 25.9. The van der Waals surface area contributed by atoms with Crippen LogP contribution in [0.1, 0.15) is 36.4 Å². The summed E-state index contributed by atoms with van der Waals surface area (Å²) >= 11 is 0. The molecule has 2 aromatic heterocycles. The molecule has 0 saturated carbocycles. The van der Waals surface area contributed by atoms with Crippen molar-refractivity contribution in [1.82, 2.24) is 19.6 Å². The van der Waals surface area contributed by atoms with E-state index in [9.17, 15) is 9.59 Å². The quantitative estimate of drug-likeness (QED) is 0.190. The van der Waals surface area contributed by atoms with E-state index < -0.39 is 11.9 Å². The van der Waals surface area contributed by atoms with Crippen molar-refractivity contribution in [3.05, 3.63) is 95.6 Å². The van der Waals surface area contributed by atoms with Crippen LogP contribution in [0.3, 0.4) is 0 Å². The number of esters is 2. The SMILES string of the molecule is CCOC(=O)/C(=N\N=C(/C(=O)OCC)c1cnn(-c2ccccc2)c1C)c1cnn(-c2ccccc2)c1C. The van der Waals surface area contributed by atoms with E-state index in [1.54, 1.807) is 23.2 Å². The van der Waals surface area contributed by atoms with E-state index >= 15 is 0 Å². The third-order valence-corrected chi connectivity index (χ3v) is 5.72. The van der Waals surface area contributed by atoms with Gasteiger partial charge in [0.25, 0.3) is 0 Å². The molecule has 38 heavy (non-hydrogen) atoms. The zero-order chi connectivity index (χ0) is 27.1. The Morgan fingerprint density at radius 1 is 0.684 bits per heavy atom. The third kappa shape index (κ3) is 5.44. The van der Waals surface area contributed by atoms with Crippen LogP contribution in [0.2, 0.25) is 0 Å². The first-order valence-electron chi connectivity index (χ1n) is 12.2. The van der Waals surface area contributed by atoms with Gasteiger partial charge in [-0.1, -0.05) is 36.4 Å². The minimum Gasteiger partial charge on any atom is -0.461 e. The molecule has 0 bridgehead atoms. The molecule has 10 nitrogen and oxygen atoms in total. The van der Waals surface area contributed by atoms with Crippen LogP contribution >= 0.6 is 0 Å². The molecular weight excluding hydrogens is 484 g/mol. The number of carbonyl (C=O) groups excluding carboxylic acids is 2. The molecule has 4 rings (SSSR count). The molecule has 2 aromatic carbocycles. The lowest BCUT2D eigenvalue weighted by Crippen LogP contribution is -2.22. The monoisotopic (exact) mass is 512 g/mol. The van der Waals surface area contributed by atoms with Crippen LogP contribution in [0, 0.1) is 13.8 Å². The summed E-state index contributed by atoms with van der Waals surface area (Å²) < 4.78 is 13.9. The summed E-state index contributed by atoms with van der Waals surface area (Å²) in [5.41, 5.74) is 3.64. The summed E-state index contributed by atoms with van der Waals surface area (Å²) in [6.07, 6.45) is 3.05. The molecule has 0 aliphatic rings. The Hall–Kier alpha value is -4.86. The van der Waals surface area contributed by atoms with Crippen molar-refractivity contribution in [2.45, 2.75) is 27.7 Å². The first-order valence-corrected chi connectivity index (χ1v) is 12.2. The summed E-state index contributed by atoms with van der Waals surface area (Å²) in [7, 11) is 0. The number of rotatable bonds is 9. The standard InChI is InChI=1S/C28H28N6O4/c1-5-37-27(35)25(23-17-29-33(19(23)3)21-13-9-7-10-14-21)31-32-26(28(36)38-6-2)24-18-30-34(20(24)4)22-15-11-8-12-16-22/h7-18H,5-6H2,1-4H3/b31-25-,32-26-. The molecule has 4 aromatic rings. The van der Waals surface area contributed by atoms with Crippen LogP contribution in [-0.2, 0) is 19.1 Å². The van der Waals surface area contributed by atoms with Crippen LogP contribution in [-0.4, -0.2) is 56.1 Å². The van der Waals surface area contributed by atoms with Gasteiger partial charge in [0.15, 0.2) is 11.4 Å². The van der Waals surface area contributed by atoms with E-state index in [1.165, 1.54) is 12.4 Å². The highest BCUT2D eigenvalue weighted by molar-refractivity contribution is 6.45. The first-order chi connectivity index (χ1) is 18.5. The Labute approximate surface area is 220 Å². The van der Waals surface area contributed by atoms with Gasteiger partial charge in [-0.2, -0.15) is 10.2 Å². The van der Waals surface area contributed by atoms with Crippen molar-refractivity contribution in [3.63, 3.8) is 0 Å². The van der Waals surface area contributed by atoms with Crippen LogP contribution in [0.5, 0.6) is 0 Å². The highest BCUT2D eigenvalue weighted by Gasteiger charge is 2.25. The topological polar surface area (TPSA) is 113 Å². The molecule has 0 aliphatic carbocycles. The molecule has 2 heterocycles. The summed E-state index contributed by atoms with van der Waals surface area (Å²) in [5.74, 6) is -1.38. The van der Waals surface area contributed by atoms with Crippen LogP contribution in [0.4, 0.5) is 0 Å². The first kappa shape index (κ1) is 26.2. The molecule has 0 radical (unpaired) electrons. The normalized spacial score (nSPS) is 11.9. The van der Waals surface area contributed by atoms with Gasteiger partial charge in [-0.15, -0.1) is 10.2 Å². The third-order valence-electron chi connectivity index (χ3n) is 5.72. The van der Waals surface area contributed by atoms with Crippen molar-refractivity contribution in [2.75, 3.05) is 13.2 Å². The lowest BCUT2D eigenvalue weighted by Gasteiger charge is -2.08. The zero-order valence-electron chi connectivity index (χ0n) is 21.7. The molecular formula is C28H28N6O4. The number of carbonyl (C=O) groups is 2. The van der Waals surface area contributed by atoms with Gasteiger partial charge in [0.05, 0.1) is 59.5 Å². The Bertz CT molecular complexity index is 1370. The Kier molecular flexibility index (Phi) is 8.22. The van der Waals surface area contributed by atoms with Gasteiger partial charge in [0.2, 0.25) is 0 Å². The van der Waals surface area contributed by atoms with E-state index in [0.29, 0.717) is 22.5 Å². The van der Waals surface area contributed by atoms with E-state index in [-0.39, 0.29) is 24.6 Å². The van der Waals surface area contributed by atoms with E-state index in [4.69, 9.17) is 9.47 Å². The molecule has 0 amide bonds. The maximum atomic E-state index is 13.0. The number of nitrogens with zero attached hydrogens (tertiary/aromatic N) is 6. The highest BCUT2D eigenvalue weighted by Crippen LogP contribution is 2.18. The molecule has 10 heteroatoms. The van der Waals surface area contributed by atoms with Gasteiger partial charge in [-0.05, 0) is 52.0 Å². The van der Waals surface area contributed by atoms with Crippen molar-refractivity contribution in [3.8, 4) is 11.4 Å². The average molecular weight is 513 g/mol. The number of ether oxygens (including phenoxy) is 2. The number of hydrogen-bond donors (Lipinski definition) is 0. The van der Waals surface area contributed by atoms with Crippen LogP contribution in [0.15, 0.2) is 83.3 Å². The van der Waals surface area contributed by atoms with Gasteiger partial charge in [-0.25, -0.2) is 19.0 Å². The van der Waals surface area contributed by atoms with Gasteiger partial charge in [0, 0.05) is 0 Å². The smallest absolute Gasteiger partial charge is 0.359 e. The molecule has 0 atom stereocenters. The predicted octanol–water partition coefficient (Wildman–Crippen LogP) is 3.99. The van der Waals surface area contributed by atoms with Crippen molar-refractivity contribution < 1.29 is 19.1 Å². The number of aromatic nitrogens is 4. The van der Waals surface area contributed by atoms with Gasteiger partial charge >= 0.3 is 11.9 Å². The van der Waals surface area contributed by atoms with Crippen LogP contribution in [0.25, 0.3) is 11.4 Å². The Morgan fingerprint density at radius 2 is 1.05 bits per heavy atom. The van der Waals surface area contributed by atoms with Crippen molar-refractivity contribution in [2.24, 2.45) is 10.2 Å². The fraction of sp³-hybridized carbons (Fsp3) is 0.214. The van der Waals surface area contributed by atoms with Gasteiger partial charge < -0.3 is 9.47 Å². The lowest BCUT2D eigenvalue weighted by molar-refractivity contribution is -0.136. The number of para-hydroxylation sites is 2. The fourth-order valence-corrected chi connectivity index (χ4v) is 3.85. The second-order valence-electron chi connectivity index (χ2n) is 8.12. The summed E-state index contributed by atoms with van der Waals surface area (Å²) in [6.45, 7) is 7.30. The predicted molar refractivity (Wildman–Crippen MR) is 143 cm³/mol. The van der Waals surface area contributed by atoms with E-state index in [0.717, 1.165) is 11.4 Å². The summed E-state index contributed by atoms with van der Waals surface area (Å²) in [6, 6.07) is 19.0. The average Bonchev–Trinajstić information content (AvgIpc) is 3.50. The molecule has 194 valence electrons. The minimum absolute atomic E-state index is 0.0820. The maximum Gasteiger partial charge on any atom is 0.359 e. The van der Waals surface area contributed by atoms with Crippen molar-refractivity contribution in [1.29, 1.82) is 0 Å². The van der Waals surface area contributed by atoms with E-state index in [2.05, 4.69) is 20.4 Å². The number of benzene rings is 2. The van der Waals surface area contributed by atoms with Crippen molar-refractivity contribution >= 4 is 23.4 Å². The van der Waals surface area contributed by atoms with Gasteiger partial charge in [0.1, 0.15) is 0 Å². The Morgan fingerprint density at radius 3 is 1.39 bits per heavy atom. The maximum absolute atomic E-state index is 13.0. The zero-order valence-corrected chi connectivity index (χ0v) is 21.7. The largest absolute Gasteiger partial charge is 0.461 e. The molecule has 0 aliphatic heterocycles. The molecule has 0 unspecified atom stereocenters. The minimum atomic E-state index is -0.688. The molecule has 0 saturated heterocycles. The summed E-state index contributed by atoms with van der Waals surface area (Å²) in [5, 5.41) is 17.3. The second kappa shape index (κ2) is 11.9. The van der Waals surface area contributed by atoms with Gasteiger partial charge in [-0.3, -0.25) is 0 Å². The van der Waals surface area contributed by atoms with Crippen LogP contribution < -0.4 is 0 Å². The lowest BCUT2D eigenvalue weighted by atomic mass is 10.1. The molecule has 0 fully saturated rings. The second-order valence-corrected chi connectivity index (χ2v) is 8.12. The Balaban J connectivity index is 1.82. The van der Waals surface area contributed by atoms with E-state index in [1.807, 2.05) is 74.5 Å². The highest BCUT2D eigenvalue weighted by atomic mass is 16.5. The fourth-order valence-electron chi connectivity index (χ4n) is 3.85.